The summed E-state index contributed by atoms with van der Waals surface area (Å²) in [7, 11) is 1.52. The Morgan fingerprint density at radius 1 is 0.970 bits per heavy atom. The van der Waals surface area contributed by atoms with E-state index in [1.165, 1.54) is 41.8 Å². The summed E-state index contributed by atoms with van der Waals surface area (Å²) >= 11 is 0. The number of nitro benzene ring substituents is 1. The van der Waals surface area contributed by atoms with Crippen molar-refractivity contribution >= 4 is 28.8 Å². The van der Waals surface area contributed by atoms with Gasteiger partial charge in [-0.05, 0) is 42.3 Å². The number of ether oxygens (including phenoxy) is 1. The molecule has 0 spiro atoms. The molecule has 172 valence electrons. The minimum atomic E-state index is -0.490. The largest absolute Gasteiger partial charge is 0.383 e. The molecule has 9 heteroatoms. The van der Waals surface area contributed by atoms with Crippen LogP contribution in [0.2, 0.25) is 0 Å². The number of nitro groups is 1. The maximum atomic E-state index is 13.3. The maximum Gasteiger partial charge on any atom is 0.277 e. The van der Waals surface area contributed by atoms with E-state index in [-0.39, 0.29) is 30.3 Å². The molecule has 2 aromatic rings. The van der Waals surface area contributed by atoms with Crippen LogP contribution in [-0.4, -0.2) is 73.0 Å². The number of carbonyl (C=O) groups excluding carboxylic acids is 2. The van der Waals surface area contributed by atoms with E-state index >= 15 is 0 Å². The Balaban J connectivity index is 1.63. The van der Waals surface area contributed by atoms with Gasteiger partial charge in [0.15, 0.2) is 0 Å². The van der Waals surface area contributed by atoms with Gasteiger partial charge in [0.05, 0.1) is 23.6 Å². The SMILES string of the molecule is COCCN1C(=O)C(c2ccc([N+](=O)[O-])cc2)=C(N2CCN(c3cccc(C)c3)CC2)C1=O. The summed E-state index contributed by atoms with van der Waals surface area (Å²) in [5.74, 6) is -0.753. The van der Waals surface area contributed by atoms with E-state index in [9.17, 15) is 19.7 Å². The zero-order chi connectivity index (χ0) is 23.5. The fourth-order valence-electron chi connectivity index (χ4n) is 4.27. The molecule has 1 saturated heterocycles. The van der Waals surface area contributed by atoms with Gasteiger partial charge in [-0.3, -0.25) is 24.6 Å². The summed E-state index contributed by atoms with van der Waals surface area (Å²) in [6.45, 7) is 5.02. The van der Waals surface area contributed by atoms with Crippen LogP contribution in [-0.2, 0) is 14.3 Å². The van der Waals surface area contributed by atoms with Gasteiger partial charge >= 0.3 is 0 Å². The number of aryl methyl sites for hydroxylation is 1. The first kappa shape index (κ1) is 22.5. The molecule has 0 radical (unpaired) electrons. The van der Waals surface area contributed by atoms with E-state index in [0.717, 1.165) is 5.69 Å². The number of carbonyl (C=O) groups is 2. The molecule has 2 heterocycles. The highest BCUT2D eigenvalue weighted by atomic mass is 16.6. The quantitative estimate of drug-likeness (QED) is 0.363. The van der Waals surface area contributed by atoms with Crippen molar-refractivity contribution in [3.05, 3.63) is 75.5 Å². The lowest BCUT2D eigenvalue weighted by Gasteiger charge is -2.37. The molecule has 0 aliphatic carbocycles. The van der Waals surface area contributed by atoms with Gasteiger partial charge < -0.3 is 14.5 Å². The van der Waals surface area contributed by atoms with Gasteiger partial charge in [0.2, 0.25) is 0 Å². The molecule has 4 rings (SSSR count). The summed E-state index contributed by atoms with van der Waals surface area (Å²) in [6.07, 6.45) is 0. The Morgan fingerprint density at radius 2 is 1.64 bits per heavy atom. The van der Waals surface area contributed by atoms with Crippen LogP contribution in [0.1, 0.15) is 11.1 Å². The molecular formula is C24H26N4O5. The van der Waals surface area contributed by atoms with Crippen LogP contribution in [0.4, 0.5) is 11.4 Å². The van der Waals surface area contributed by atoms with Crippen molar-refractivity contribution in [3.63, 3.8) is 0 Å². The average Bonchev–Trinajstić information content (AvgIpc) is 3.07. The first-order valence-corrected chi connectivity index (χ1v) is 10.8. The second-order valence-corrected chi connectivity index (χ2v) is 8.10. The molecule has 0 unspecified atom stereocenters. The number of amides is 2. The van der Waals surface area contributed by atoms with Crippen molar-refractivity contribution in [3.8, 4) is 0 Å². The van der Waals surface area contributed by atoms with E-state index < -0.39 is 10.8 Å². The number of anilines is 1. The zero-order valence-corrected chi connectivity index (χ0v) is 18.7. The molecule has 2 aliphatic heterocycles. The van der Waals surface area contributed by atoms with Crippen molar-refractivity contribution in [2.75, 3.05) is 51.3 Å². The van der Waals surface area contributed by atoms with E-state index in [1.54, 1.807) is 0 Å². The fourth-order valence-corrected chi connectivity index (χ4v) is 4.27. The van der Waals surface area contributed by atoms with Crippen LogP contribution in [0.5, 0.6) is 0 Å². The second-order valence-electron chi connectivity index (χ2n) is 8.10. The molecule has 33 heavy (non-hydrogen) atoms. The highest BCUT2D eigenvalue weighted by Gasteiger charge is 2.42. The lowest BCUT2D eigenvalue weighted by Crippen LogP contribution is -2.47. The lowest BCUT2D eigenvalue weighted by molar-refractivity contribution is -0.384. The highest BCUT2D eigenvalue weighted by Crippen LogP contribution is 2.33. The molecule has 0 N–H and O–H groups in total. The number of nitrogens with zero attached hydrogens (tertiary/aromatic N) is 4. The Morgan fingerprint density at radius 3 is 2.24 bits per heavy atom. The summed E-state index contributed by atoms with van der Waals surface area (Å²) < 4.78 is 5.08. The van der Waals surface area contributed by atoms with Crippen molar-refractivity contribution in [1.29, 1.82) is 0 Å². The van der Waals surface area contributed by atoms with Crippen molar-refractivity contribution in [2.24, 2.45) is 0 Å². The van der Waals surface area contributed by atoms with Crippen LogP contribution >= 0.6 is 0 Å². The predicted octanol–water partition coefficient (Wildman–Crippen LogP) is 2.45. The first-order chi connectivity index (χ1) is 15.9. The maximum absolute atomic E-state index is 13.3. The number of piperazine rings is 1. The molecule has 0 aromatic heterocycles. The van der Waals surface area contributed by atoms with Gasteiger partial charge in [-0.15, -0.1) is 0 Å². The van der Waals surface area contributed by atoms with Gasteiger partial charge in [0.1, 0.15) is 5.70 Å². The van der Waals surface area contributed by atoms with Crippen molar-refractivity contribution in [1.82, 2.24) is 9.80 Å². The fraction of sp³-hybridized carbons (Fsp3) is 0.333. The summed E-state index contributed by atoms with van der Waals surface area (Å²) in [5.41, 5.74) is 3.39. The number of hydrogen-bond donors (Lipinski definition) is 0. The van der Waals surface area contributed by atoms with Gasteiger partial charge in [0.25, 0.3) is 17.5 Å². The monoisotopic (exact) mass is 450 g/mol. The van der Waals surface area contributed by atoms with Crippen molar-refractivity contribution in [2.45, 2.75) is 6.92 Å². The molecule has 0 saturated carbocycles. The summed E-state index contributed by atoms with van der Waals surface area (Å²) in [4.78, 5) is 42.5. The molecular weight excluding hydrogens is 424 g/mol. The Hall–Kier alpha value is -3.72. The van der Waals surface area contributed by atoms with Crippen LogP contribution in [0.3, 0.4) is 0 Å². The molecule has 0 bridgehead atoms. The van der Waals surface area contributed by atoms with Gasteiger partial charge in [0, 0.05) is 51.1 Å². The number of non-ortho nitro benzene ring substituents is 1. The zero-order valence-electron chi connectivity index (χ0n) is 18.7. The number of rotatable bonds is 7. The summed E-state index contributed by atoms with van der Waals surface area (Å²) in [6, 6.07) is 14.0. The van der Waals surface area contributed by atoms with Crippen LogP contribution in [0, 0.1) is 17.0 Å². The minimum Gasteiger partial charge on any atom is -0.383 e. The minimum absolute atomic E-state index is 0.0688. The number of benzene rings is 2. The van der Waals surface area contributed by atoms with E-state index in [4.69, 9.17) is 4.74 Å². The van der Waals surface area contributed by atoms with Crippen LogP contribution < -0.4 is 4.90 Å². The standard InChI is InChI=1S/C24H26N4O5/c1-17-4-3-5-20(16-17)25-10-12-26(13-11-25)22-21(18-6-8-19(9-7-18)28(31)32)23(29)27(24(22)30)14-15-33-2/h3-9,16H,10-15H2,1-2H3. The highest BCUT2D eigenvalue weighted by molar-refractivity contribution is 6.35. The third-order valence-electron chi connectivity index (χ3n) is 5.99. The normalized spacial score (nSPS) is 16.7. The average molecular weight is 450 g/mol. The Bertz CT molecular complexity index is 1100. The van der Waals surface area contributed by atoms with Gasteiger partial charge in [-0.2, -0.15) is 0 Å². The third kappa shape index (κ3) is 4.45. The van der Waals surface area contributed by atoms with Crippen LogP contribution in [0.15, 0.2) is 54.2 Å². The second kappa shape index (κ2) is 9.41. The Kier molecular flexibility index (Phi) is 6.41. The van der Waals surface area contributed by atoms with Gasteiger partial charge in [-0.1, -0.05) is 12.1 Å². The van der Waals surface area contributed by atoms with Crippen molar-refractivity contribution < 1.29 is 19.2 Å². The van der Waals surface area contributed by atoms with Gasteiger partial charge in [-0.25, -0.2) is 0 Å². The van der Waals surface area contributed by atoms with E-state index in [1.807, 2.05) is 11.0 Å². The number of imide groups is 1. The molecule has 2 amide bonds. The molecule has 1 fully saturated rings. The molecule has 0 atom stereocenters. The predicted molar refractivity (Wildman–Crippen MR) is 124 cm³/mol. The van der Waals surface area contributed by atoms with E-state index in [0.29, 0.717) is 37.4 Å². The lowest BCUT2D eigenvalue weighted by atomic mass is 10.0. The molecule has 2 aliphatic rings. The number of methoxy groups -OCH3 is 1. The first-order valence-electron chi connectivity index (χ1n) is 10.8. The number of hydrogen-bond acceptors (Lipinski definition) is 7. The summed E-state index contributed by atoms with van der Waals surface area (Å²) in [5, 5.41) is 11.0. The Labute approximate surface area is 192 Å². The third-order valence-corrected chi connectivity index (χ3v) is 5.99. The molecule has 2 aromatic carbocycles. The topological polar surface area (TPSA) is 96.2 Å². The smallest absolute Gasteiger partial charge is 0.277 e. The molecule has 9 nitrogen and oxygen atoms in total. The van der Waals surface area contributed by atoms with E-state index in [2.05, 4.69) is 30.0 Å². The van der Waals surface area contributed by atoms with Crippen LogP contribution in [0.25, 0.3) is 5.57 Å².